The first-order chi connectivity index (χ1) is 8.05. The van der Waals surface area contributed by atoms with E-state index in [4.69, 9.17) is 0 Å². The number of hydrogen-bond acceptors (Lipinski definition) is 4. The lowest BCUT2D eigenvalue weighted by atomic mass is 10.3. The molecule has 0 atom stereocenters. The van der Waals surface area contributed by atoms with E-state index < -0.39 is 11.9 Å². The summed E-state index contributed by atoms with van der Waals surface area (Å²) in [6, 6.07) is 0.822. The van der Waals surface area contributed by atoms with Gasteiger partial charge in [-0.25, -0.2) is 9.97 Å². The molecule has 0 spiro atoms. The molecule has 90 valence electrons. The minimum Gasteiger partial charge on any atom is -0.350 e. The van der Waals surface area contributed by atoms with Crippen molar-refractivity contribution in [2.24, 2.45) is 0 Å². The van der Waals surface area contributed by atoms with Crippen LogP contribution < -0.4 is 5.32 Å². The molecule has 0 radical (unpaired) electrons. The highest BCUT2D eigenvalue weighted by atomic mass is 19.4. The van der Waals surface area contributed by atoms with Gasteiger partial charge in [0.2, 0.25) is 5.95 Å². The first kappa shape index (κ1) is 11.4. The summed E-state index contributed by atoms with van der Waals surface area (Å²) in [7, 11) is 0. The number of rotatable bonds is 3. The summed E-state index contributed by atoms with van der Waals surface area (Å²) in [6.45, 7) is 0.303. The number of hydrogen-bond donors (Lipinski definition) is 2. The van der Waals surface area contributed by atoms with Gasteiger partial charge in [0.1, 0.15) is 5.69 Å². The van der Waals surface area contributed by atoms with E-state index in [0.717, 1.165) is 17.8 Å². The third kappa shape index (κ3) is 2.92. The van der Waals surface area contributed by atoms with Crippen LogP contribution in [0.1, 0.15) is 11.3 Å². The average Bonchev–Trinajstić information content (AvgIpc) is 2.78. The van der Waals surface area contributed by atoms with Gasteiger partial charge in [0.25, 0.3) is 0 Å². The Morgan fingerprint density at radius 1 is 1.35 bits per heavy atom. The predicted octanol–water partition coefficient (Wildman–Crippen LogP) is 1.83. The van der Waals surface area contributed by atoms with E-state index in [1.807, 2.05) is 0 Å². The Labute approximate surface area is 94.1 Å². The lowest BCUT2D eigenvalue weighted by molar-refractivity contribution is -0.141. The topological polar surface area (TPSA) is 66.5 Å². The SMILES string of the molecule is FC(F)(F)c1ccnc(NCc2cn[nH]c2)n1. The van der Waals surface area contributed by atoms with Crippen molar-refractivity contribution in [3.8, 4) is 0 Å². The molecule has 0 saturated carbocycles. The molecule has 5 nitrogen and oxygen atoms in total. The van der Waals surface area contributed by atoms with Gasteiger partial charge in [0.05, 0.1) is 6.20 Å². The maximum atomic E-state index is 12.3. The number of halogens is 3. The molecule has 2 N–H and O–H groups in total. The number of aromatic nitrogens is 4. The van der Waals surface area contributed by atoms with Gasteiger partial charge in [0, 0.05) is 24.5 Å². The molecule has 2 aromatic rings. The highest BCUT2D eigenvalue weighted by molar-refractivity contribution is 5.27. The monoisotopic (exact) mass is 243 g/mol. The first-order valence-electron chi connectivity index (χ1n) is 4.67. The van der Waals surface area contributed by atoms with Crippen LogP contribution in [-0.2, 0) is 12.7 Å². The second-order valence-electron chi connectivity index (χ2n) is 3.22. The molecular formula is C9H8F3N5. The minimum absolute atomic E-state index is 0.0685. The fourth-order valence-electron chi connectivity index (χ4n) is 1.16. The minimum atomic E-state index is -4.46. The van der Waals surface area contributed by atoms with Crippen LogP contribution in [0.5, 0.6) is 0 Å². The maximum absolute atomic E-state index is 12.3. The molecule has 0 aliphatic carbocycles. The summed E-state index contributed by atoms with van der Waals surface area (Å²) in [6.07, 6.45) is -0.218. The van der Waals surface area contributed by atoms with Crippen LogP contribution >= 0.6 is 0 Å². The van der Waals surface area contributed by atoms with Gasteiger partial charge in [-0.2, -0.15) is 18.3 Å². The summed E-state index contributed by atoms with van der Waals surface area (Å²) < 4.78 is 37.0. The quantitative estimate of drug-likeness (QED) is 0.863. The van der Waals surface area contributed by atoms with Crippen molar-refractivity contribution in [1.82, 2.24) is 20.2 Å². The fourth-order valence-corrected chi connectivity index (χ4v) is 1.16. The van der Waals surface area contributed by atoms with Gasteiger partial charge in [-0.3, -0.25) is 5.10 Å². The molecule has 0 aliphatic heterocycles. The van der Waals surface area contributed by atoms with Crippen LogP contribution in [0.25, 0.3) is 0 Å². The van der Waals surface area contributed by atoms with Crippen molar-refractivity contribution in [2.75, 3.05) is 5.32 Å². The van der Waals surface area contributed by atoms with E-state index in [9.17, 15) is 13.2 Å². The molecule has 2 heterocycles. The van der Waals surface area contributed by atoms with E-state index >= 15 is 0 Å². The lowest BCUT2D eigenvalue weighted by Gasteiger charge is -2.07. The van der Waals surface area contributed by atoms with Crippen molar-refractivity contribution >= 4 is 5.95 Å². The number of nitrogens with one attached hydrogen (secondary N) is 2. The van der Waals surface area contributed by atoms with Gasteiger partial charge >= 0.3 is 6.18 Å². The largest absolute Gasteiger partial charge is 0.433 e. The highest BCUT2D eigenvalue weighted by Gasteiger charge is 2.32. The van der Waals surface area contributed by atoms with Crippen molar-refractivity contribution < 1.29 is 13.2 Å². The summed E-state index contributed by atoms with van der Waals surface area (Å²) in [5.74, 6) is -0.0685. The third-order valence-corrected chi connectivity index (χ3v) is 1.95. The zero-order valence-electron chi connectivity index (χ0n) is 8.49. The molecule has 0 bridgehead atoms. The van der Waals surface area contributed by atoms with Gasteiger partial charge in [0.15, 0.2) is 0 Å². The van der Waals surface area contributed by atoms with E-state index in [1.165, 1.54) is 0 Å². The Morgan fingerprint density at radius 2 is 2.18 bits per heavy atom. The highest BCUT2D eigenvalue weighted by Crippen LogP contribution is 2.27. The van der Waals surface area contributed by atoms with Crippen molar-refractivity contribution in [3.63, 3.8) is 0 Å². The summed E-state index contributed by atoms with van der Waals surface area (Å²) in [4.78, 5) is 7.07. The fraction of sp³-hybridized carbons (Fsp3) is 0.222. The smallest absolute Gasteiger partial charge is 0.350 e. The predicted molar refractivity (Wildman–Crippen MR) is 52.9 cm³/mol. The molecule has 2 rings (SSSR count). The molecule has 2 aromatic heterocycles. The van der Waals surface area contributed by atoms with Crippen molar-refractivity contribution in [2.45, 2.75) is 12.7 Å². The standard InChI is InChI=1S/C9H8F3N5/c10-9(11,12)7-1-2-13-8(17-7)14-3-6-4-15-16-5-6/h1-2,4-5H,3H2,(H,15,16)(H,13,14,17). The normalized spacial score (nSPS) is 11.5. The second kappa shape index (κ2) is 4.40. The molecule has 0 aliphatic rings. The van der Waals surface area contributed by atoms with Gasteiger partial charge < -0.3 is 5.32 Å². The third-order valence-electron chi connectivity index (χ3n) is 1.95. The molecule has 0 saturated heterocycles. The lowest BCUT2D eigenvalue weighted by Crippen LogP contribution is -2.11. The molecule has 0 aromatic carbocycles. The van der Waals surface area contributed by atoms with Crippen LogP contribution in [0.4, 0.5) is 19.1 Å². The summed E-state index contributed by atoms with van der Waals surface area (Å²) in [5.41, 5.74) is -0.173. The van der Waals surface area contributed by atoms with E-state index in [-0.39, 0.29) is 5.95 Å². The molecule has 0 amide bonds. The molecule has 0 unspecified atom stereocenters. The number of anilines is 1. The van der Waals surface area contributed by atoms with Crippen LogP contribution in [0.15, 0.2) is 24.7 Å². The van der Waals surface area contributed by atoms with Crippen LogP contribution in [-0.4, -0.2) is 20.2 Å². The summed E-state index contributed by atoms with van der Waals surface area (Å²) in [5, 5.41) is 8.97. The maximum Gasteiger partial charge on any atom is 0.433 e. The molecular weight excluding hydrogens is 235 g/mol. The molecule has 8 heteroatoms. The van der Waals surface area contributed by atoms with Crippen LogP contribution in [0.2, 0.25) is 0 Å². The van der Waals surface area contributed by atoms with Gasteiger partial charge in [-0.15, -0.1) is 0 Å². The number of aromatic amines is 1. The molecule has 0 fully saturated rings. The summed E-state index contributed by atoms with van der Waals surface area (Å²) >= 11 is 0. The Morgan fingerprint density at radius 3 is 2.82 bits per heavy atom. The number of nitrogens with zero attached hydrogens (tertiary/aromatic N) is 3. The zero-order valence-corrected chi connectivity index (χ0v) is 8.49. The Bertz CT molecular complexity index is 480. The molecule has 17 heavy (non-hydrogen) atoms. The number of alkyl halides is 3. The van der Waals surface area contributed by atoms with E-state index in [2.05, 4.69) is 25.5 Å². The van der Waals surface area contributed by atoms with Crippen molar-refractivity contribution in [3.05, 3.63) is 35.9 Å². The van der Waals surface area contributed by atoms with E-state index in [0.29, 0.717) is 6.54 Å². The first-order valence-corrected chi connectivity index (χ1v) is 4.67. The van der Waals surface area contributed by atoms with Crippen LogP contribution in [0.3, 0.4) is 0 Å². The Hall–Kier alpha value is -2.12. The Balaban J connectivity index is 2.07. The number of H-pyrrole nitrogens is 1. The van der Waals surface area contributed by atoms with Gasteiger partial charge in [-0.05, 0) is 6.07 Å². The van der Waals surface area contributed by atoms with Crippen molar-refractivity contribution in [1.29, 1.82) is 0 Å². The van der Waals surface area contributed by atoms with E-state index in [1.54, 1.807) is 12.4 Å². The second-order valence-corrected chi connectivity index (χ2v) is 3.22. The van der Waals surface area contributed by atoms with Gasteiger partial charge in [-0.1, -0.05) is 0 Å². The van der Waals surface area contributed by atoms with Crippen LogP contribution in [0, 0.1) is 0 Å². The Kier molecular flexibility index (Phi) is 2.94. The zero-order chi connectivity index (χ0) is 12.3. The average molecular weight is 243 g/mol.